The highest BCUT2D eigenvalue weighted by Crippen LogP contribution is 2.32. The van der Waals surface area contributed by atoms with Crippen molar-refractivity contribution in [3.8, 4) is 10.6 Å². The van der Waals surface area contributed by atoms with Gasteiger partial charge in [-0.25, -0.2) is 4.98 Å². The zero-order valence-electron chi connectivity index (χ0n) is 10.1. The Bertz CT molecular complexity index is 606. The Morgan fingerprint density at radius 2 is 2.26 bits per heavy atom. The van der Waals surface area contributed by atoms with Crippen LogP contribution in [0.5, 0.6) is 0 Å². The van der Waals surface area contributed by atoms with Crippen LogP contribution in [0.25, 0.3) is 10.6 Å². The second kappa shape index (κ2) is 5.89. The molecule has 100 valence electrons. The summed E-state index contributed by atoms with van der Waals surface area (Å²) in [6.07, 6.45) is 1.24. The van der Waals surface area contributed by atoms with Crippen LogP contribution in [0.3, 0.4) is 0 Å². The monoisotopic (exact) mass is 297 g/mol. The van der Waals surface area contributed by atoms with E-state index >= 15 is 0 Å². The lowest BCUT2D eigenvalue weighted by molar-refractivity contribution is -0.384. The van der Waals surface area contributed by atoms with Gasteiger partial charge in [0.05, 0.1) is 20.9 Å². The van der Waals surface area contributed by atoms with Crippen LogP contribution in [-0.4, -0.2) is 15.8 Å². The zero-order valence-corrected chi connectivity index (χ0v) is 11.7. The van der Waals surface area contributed by atoms with Gasteiger partial charge in [-0.1, -0.05) is 6.92 Å². The average Bonchev–Trinajstić information content (AvgIpc) is 2.96. The summed E-state index contributed by atoms with van der Waals surface area (Å²) >= 11 is 2.57. The number of nitrogens with one attached hydrogen (secondary N) is 1. The van der Waals surface area contributed by atoms with Crippen LogP contribution in [0.2, 0.25) is 0 Å². The van der Waals surface area contributed by atoms with Gasteiger partial charge in [0.1, 0.15) is 0 Å². The first kappa shape index (κ1) is 13.6. The van der Waals surface area contributed by atoms with Gasteiger partial charge in [0.15, 0.2) is 5.13 Å². The first-order chi connectivity index (χ1) is 9.10. The van der Waals surface area contributed by atoms with E-state index in [1.165, 1.54) is 34.1 Å². The molecule has 0 aliphatic rings. The molecule has 19 heavy (non-hydrogen) atoms. The zero-order chi connectivity index (χ0) is 13.8. The fourth-order valence-electron chi connectivity index (χ4n) is 1.41. The molecule has 2 heterocycles. The standard InChI is InChI=1S/C11H11N3O3S2/c1-2-3-10(15)13-11-12-8(6-19-11)9-4-7(5-18-9)14(16)17/h4-6H,2-3H2,1H3,(H,12,13,15). The molecule has 1 amide bonds. The van der Waals surface area contributed by atoms with Crippen molar-refractivity contribution in [1.82, 2.24) is 4.98 Å². The van der Waals surface area contributed by atoms with Crippen LogP contribution < -0.4 is 5.32 Å². The Kier molecular flexibility index (Phi) is 4.23. The van der Waals surface area contributed by atoms with Gasteiger partial charge in [-0.15, -0.1) is 22.7 Å². The van der Waals surface area contributed by atoms with Gasteiger partial charge >= 0.3 is 0 Å². The van der Waals surface area contributed by atoms with E-state index in [4.69, 9.17) is 0 Å². The van der Waals surface area contributed by atoms with Crippen LogP contribution in [0, 0.1) is 10.1 Å². The number of nitrogens with zero attached hydrogens (tertiary/aromatic N) is 2. The molecule has 0 fully saturated rings. The van der Waals surface area contributed by atoms with E-state index in [2.05, 4.69) is 10.3 Å². The van der Waals surface area contributed by atoms with E-state index in [1.54, 1.807) is 5.38 Å². The van der Waals surface area contributed by atoms with E-state index in [0.717, 1.165) is 11.3 Å². The second-order valence-corrected chi connectivity index (χ2v) is 5.53. The summed E-state index contributed by atoms with van der Waals surface area (Å²) in [5, 5.41) is 17.1. The summed E-state index contributed by atoms with van der Waals surface area (Å²) in [6.45, 7) is 1.93. The molecule has 0 radical (unpaired) electrons. The minimum atomic E-state index is -0.434. The molecule has 2 aromatic heterocycles. The number of rotatable bonds is 5. The Balaban J connectivity index is 2.11. The van der Waals surface area contributed by atoms with E-state index in [9.17, 15) is 14.9 Å². The molecule has 6 nitrogen and oxygen atoms in total. The van der Waals surface area contributed by atoms with Crippen molar-refractivity contribution in [1.29, 1.82) is 0 Å². The Morgan fingerprint density at radius 3 is 2.89 bits per heavy atom. The minimum absolute atomic E-state index is 0.0598. The SMILES string of the molecule is CCCC(=O)Nc1nc(-c2cc([N+](=O)[O-])cs2)cs1. The number of carbonyl (C=O) groups excluding carboxylic acids is 1. The topological polar surface area (TPSA) is 85.1 Å². The molecule has 0 aliphatic carbocycles. The highest BCUT2D eigenvalue weighted by molar-refractivity contribution is 7.16. The number of anilines is 1. The fourth-order valence-corrected chi connectivity index (χ4v) is 3.03. The molecule has 0 saturated heterocycles. The molecular formula is C11H11N3O3S2. The molecule has 0 saturated carbocycles. The van der Waals surface area contributed by atoms with Crippen molar-refractivity contribution in [2.24, 2.45) is 0 Å². The van der Waals surface area contributed by atoms with E-state index in [1.807, 2.05) is 6.92 Å². The third kappa shape index (κ3) is 3.36. The molecule has 1 N–H and O–H groups in total. The molecule has 0 bridgehead atoms. The fraction of sp³-hybridized carbons (Fsp3) is 0.273. The second-order valence-electron chi connectivity index (χ2n) is 3.76. The maximum Gasteiger partial charge on any atom is 0.280 e. The van der Waals surface area contributed by atoms with Gasteiger partial charge in [-0.2, -0.15) is 0 Å². The van der Waals surface area contributed by atoms with Crippen molar-refractivity contribution < 1.29 is 9.72 Å². The predicted molar refractivity (Wildman–Crippen MR) is 75.6 cm³/mol. The number of hydrogen-bond acceptors (Lipinski definition) is 6. The van der Waals surface area contributed by atoms with Crippen LogP contribution in [0.4, 0.5) is 10.8 Å². The lowest BCUT2D eigenvalue weighted by Gasteiger charge is -1.97. The van der Waals surface area contributed by atoms with Crippen LogP contribution >= 0.6 is 22.7 Å². The number of nitro groups is 1. The maximum atomic E-state index is 11.4. The largest absolute Gasteiger partial charge is 0.302 e. The summed E-state index contributed by atoms with van der Waals surface area (Å²) in [5.74, 6) is -0.0689. The third-order valence-electron chi connectivity index (χ3n) is 2.28. The van der Waals surface area contributed by atoms with Gasteiger partial charge in [0.25, 0.3) is 5.69 Å². The van der Waals surface area contributed by atoms with Gasteiger partial charge in [0, 0.05) is 17.9 Å². The lowest BCUT2D eigenvalue weighted by Crippen LogP contribution is -2.10. The maximum absolute atomic E-state index is 11.4. The number of hydrogen-bond donors (Lipinski definition) is 1. The molecule has 8 heteroatoms. The first-order valence-electron chi connectivity index (χ1n) is 5.59. The van der Waals surface area contributed by atoms with Gasteiger partial charge in [-0.3, -0.25) is 14.9 Å². The smallest absolute Gasteiger partial charge is 0.280 e. The van der Waals surface area contributed by atoms with E-state index < -0.39 is 4.92 Å². The van der Waals surface area contributed by atoms with Gasteiger partial charge in [0.2, 0.25) is 5.91 Å². The summed E-state index contributed by atoms with van der Waals surface area (Å²) < 4.78 is 0. The summed E-state index contributed by atoms with van der Waals surface area (Å²) in [5.41, 5.74) is 0.708. The number of thiazole rings is 1. The lowest BCUT2D eigenvalue weighted by atomic mass is 10.3. The van der Waals surface area contributed by atoms with E-state index in [-0.39, 0.29) is 11.6 Å². The number of carbonyl (C=O) groups is 1. The normalized spacial score (nSPS) is 10.4. The first-order valence-corrected chi connectivity index (χ1v) is 7.34. The minimum Gasteiger partial charge on any atom is -0.302 e. The molecule has 0 aliphatic heterocycles. The Labute approximate surface area is 117 Å². The average molecular weight is 297 g/mol. The Morgan fingerprint density at radius 1 is 1.47 bits per heavy atom. The van der Waals surface area contributed by atoms with Crippen molar-refractivity contribution in [3.63, 3.8) is 0 Å². The predicted octanol–water partition coefficient (Wildman–Crippen LogP) is 3.52. The molecule has 0 aromatic carbocycles. The van der Waals surface area contributed by atoms with Gasteiger partial charge in [-0.05, 0) is 6.42 Å². The summed E-state index contributed by atoms with van der Waals surface area (Å²) in [6, 6.07) is 1.48. The highest BCUT2D eigenvalue weighted by Gasteiger charge is 2.13. The molecule has 2 rings (SSSR count). The van der Waals surface area contributed by atoms with Crippen LogP contribution in [0.1, 0.15) is 19.8 Å². The summed E-state index contributed by atoms with van der Waals surface area (Å²) in [4.78, 5) is 26.6. The Hall–Kier alpha value is -1.80. The summed E-state index contributed by atoms with van der Waals surface area (Å²) in [7, 11) is 0. The number of aromatic nitrogens is 1. The van der Waals surface area contributed by atoms with Crippen molar-refractivity contribution >= 4 is 39.4 Å². The molecule has 0 unspecified atom stereocenters. The van der Waals surface area contributed by atoms with Crippen molar-refractivity contribution in [2.45, 2.75) is 19.8 Å². The van der Waals surface area contributed by atoms with Crippen molar-refractivity contribution in [3.05, 3.63) is 26.9 Å². The van der Waals surface area contributed by atoms with Crippen LogP contribution in [-0.2, 0) is 4.79 Å². The quantitative estimate of drug-likeness (QED) is 0.676. The van der Waals surface area contributed by atoms with Gasteiger partial charge < -0.3 is 5.32 Å². The molecule has 0 spiro atoms. The molecular weight excluding hydrogens is 286 g/mol. The van der Waals surface area contributed by atoms with E-state index in [0.29, 0.717) is 17.2 Å². The third-order valence-corrected chi connectivity index (χ3v) is 3.97. The molecule has 0 atom stereocenters. The van der Waals surface area contributed by atoms with Crippen molar-refractivity contribution in [2.75, 3.05) is 5.32 Å². The van der Waals surface area contributed by atoms with Crippen LogP contribution in [0.15, 0.2) is 16.8 Å². The number of thiophene rings is 1. The number of amides is 1. The molecule has 2 aromatic rings. The highest BCUT2D eigenvalue weighted by atomic mass is 32.1.